The van der Waals surface area contributed by atoms with Crippen LogP contribution in [0.4, 0.5) is 0 Å². The maximum absolute atomic E-state index is 3.48. The molecule has 1 unspecified atom stereocenters. The average molecular weight is 253 g/mol. The Bertz CT molecular complexity index is 473. The summed E-state index contributed by atoms with van der Waals surface area (Å²) in [4.78, 5) is 0. The summed E-state index contributed by atoms with van der Waals surface area (Å²) < 4.78 is 0. The molecule has 0 fully saturated rings. The van der Waals surface area contributed by atoms with Crippen LogP contribution in [0.25, 0.3) is 0 Å². The number of rotatable bonds is 6. The summed E-state index contributed by atoms with van der Waals surface area (Å²) in [5, 5.41) is 3.48. The molecular weight excluding hydrogens is 230 g/mol. The Kier molecular flexibility index (Phi) is 5.17. The van der Waals surface area contributed by atoms with Gasteiger partial charge in [-0.2, -0.15) is 0 Å². The first kappa shape index (κ1) is 13.8. The molecule has 0 amide bonds. The third-order valence-corrected chi connectivity index (χ3v) is 3.51. The lowest BCUT2D eigenvalue weighted by molar-refractivity contribution is 0.595. The SMILES string of the molecule is CCNCC(Cc1ccccc1)c1ccc(C)cc1. The molecule has 0 aliphatic rings. The molecule has 19 heavy (non-hydrogen) atoms. The second-order valence-electron chi connectivity index (χ2n) is 5.11. The zero-order valence-corrected chi connectivity index (χ0v) is 11.9. The summed E-state index contributed by atoms with van der Waals surface area (Å²) in [6.07, 6.45) is 1.09. The van der Waals surface area contributed by atoms with Gasteiger partial charge in [-0.05, 0) is 31.0 Å². The molecule has 1 heteroatoms. The van der Waals surface area contributed by atoms with Crippen LogP contribution in [0.15, 0.2) is 54.6 Å². The zero-order chi connectivity index (χ0) is 13.5. The Labute approximate surface area is 116 Å². The molecule has 0 aliphatic carbocycles. The molecule has 0 saturated carbocycles. The summed E-state index contributed by atoms with van der Waals surface area (Å²) >= 11 is 0. The van der Waals surface area contributed by atoms with Crippen molar-refractivity contribution in [2.75, 3.05) is 13.1 Å². The van der Waals surface area contributed by atoms with E-state index in [0.717, 1.165) is 19.5 Å². The zero-order valence-electron chi connectivity index (χ0n) is 11.9. The molecular formula is C18H23N. The number of likely N-dealkylation sites (N-methyl/N-ethyl adjacent to an activating group) is 1. The Balaban J connectivity index is 2.13. The van der Waals surface area contributed by atoms with E-state index in [1.807, 2.05) is 0 Å². The van der Waals surface area contributed by atoms with Gasteiger partial charge >= 0.3 is 0 Å². The van der Waals surface area contributed by atoms with E-state index >= 15 is 0 Å². The number of nitrogens with one attached hydrogen (secondary N) is 1. The summed E-state index contributed by atoms with van der Waals surface area (Å²) in [5.41, 5.74) is 4.16. The predicted octanol–water partition coefficient (Wildman–Crippen LogP) is 3.93. The van der Waals surface area contributed by atoms with Gasteiger partial charge in [0, 0.05) is 12.5 Å². The summed E-state index contributed by atoms with van der Waals surface area (Å²) in [6.45, 7) is 6.36. The molecule has 0 aliphatic heterocycles. The quantitative estimate of drug-likeness (QED) is 0.822. The maximum Gasteiger partial charge on any atom is 0.00232 e. The van der Waals surface area contributed by atoms with Crippen LogP contribution in [0.2, 0.25) is 0 Å². The first-order chi connectivity index (χ1) is 9.29. The van der Waals surface area contributed by atoms with Gasteiger partial charge in [-0.3, -0.25) is 0 Å². The van der Waals surface area contributed by atoms with Gasteiger partial charge < -0.3 is 5.32 Å². The largest absolute Gasteiger partial charge is 0.316 e. The number of hydrogen-bond acceptors (Lipinski definition) is 1. The van der Waals surface area contributed by atoms with Crippen molar-refractivity contribution in [3.8, 4) is 0 Å². The fraction of sp³-hybridized carbons (Fsp3) is 0.333. The molecule has 2 aromatic rings. The van der Waals surface area contributed by atoms with Crippen molar-refractivity contribution in [2.45, 2.75) is 26.2 Å². The van der Waals surface area contributed by atoms with Gasteiger partial charge in [0.05, 0.1) is 0 Å². The summed E-state index contributed by atoms with van der Waals surface area (Å²) in [6, 6.07) is 19.7. The highest BCUT2D eigenvalue weighted by molar-refractivity contribution is 5.27. The van der Waals surface area contributed by atoms with Crippen molar-refractivity contribution >= 4 is 0 Å². The van der Waals surface area contributed by atoms with Gasteiger partial charge in [-0.1, -0.05) is 67.1 Å². The van der Waals surface area contributed by atoms with E-state index in [9.17, 15) is 0 Å². The third-order valence-electron chi connectivity index (χ3n) is 3.51. The number of hydrogen-bond donors (Lipinski definition) is 1. The molecule has 2 aromatic carbocycles. The van der Waals surface area contributed by atoms with E-state index in [-0.39, 0.29) is 0 Å². The average Bonchev–Trinajstić information content (AvgIpc) is 2.45. The van der Waals surface area contributed by atoms with Crippen LogP contribution in [0.3, 0.4) is 0 Å². The lowest BCUT2D eigenvalue weighted by Crippen LogP contribution is -2.22. The molecule has 0 saturated heterocycles. The minimum absolute atomic E-state index is 0.544. The highest BCUT2D eigenvalue weighted by Crippen LogP contribution is 2.21. The van der Waals surface area contributed by atoms with Crippen molar-refractivity contribution in [2.24, 2.45) is 0 Å². The van der Waals surface area contributed by atoms with Gasteiger partial charge in [0.1, 0.15) is 0 Å². The standard InChI is InChI=1S/C18H23N/c1-3-19-14-18(13-16-7-5-4-6-8-16)17-11-9-15(2)10-12-17/h4-12,18-19H,3,13-14H2,1-2H3. The van der Waals surface area contributed by atoms with Crippen LogP contribution in [-0.4, -0.2) is 13.1 Å². The van der Waals surface area contributed by atoms with E-state index in [1.54, 1.807) is 0 Å². The number of benzene rings is 2. The van der Waals surface area contributed by atoms with Crippen molar-refractivity contribution < 1.29 is 0 Å². The maximum atomic E-state index is 3.48. The van der Waals surface area contributed by atoms with Crippen molar-refractivity contribution in [3.05, 3.63) is 71.3 Å². The molecule has 0 heterocycles. The van der Waals surface area contributed by atoms with Gasteiger partial charge in [0.15, 0.2) is 0 Å². The van der Waals surface area contributed by atoms with Gasteiger partial charge in [0.2, 0.25) is 0 Å². The Hall–Kier alpha value is -1.60. The van der Waals surface area contributed by atoms with Crippen molar-refractivity contribution in [3.63, 3.8) is 0 Å². The van der Waals surface area contributed by atoms with Crippen LogP contribution < -0.4 is 5.32 Å². The molecule has 0 bridgehead atoms. The summed E-state index contributed by atoms with van der Waals surface area (Å²) in [5.74, 6) is 0.544. The van der Waals surface area contributed by atoms with Gasteiger partial charge in [0.25, 0.3) is 0 Å². The number of aryl methyl sites for hydroxylation is 1. The minimum Gasteiger partial charge on any atom is -0.316 e. The van der Waals surface area contributed by atoms with Crippen LogP contribution >= 0.6 is 0 Å². The van der Waals surface area contributed by atoms with Gasteiger partial charge in [-0.15, -0.1) is 0 Å². The molecule has 0 spiro atoms. The Morgan fingerprint density at radius 2 is 1.63 bits per heavy atom. The highest BCUT2D eigenvalue weighted by atomic mass is 14.8. The second kappa shape index (κ2) is 7.10. The normalized spacial score (nSPS) is 12.3. The topological polar surface area (TPSA) is 12.0 Å². The van der Waals surface area contributed by atoms with Crippen molar-refractivity contribution in [1.29, 1.82) is 0 Å². The van der Waals surface area contributed by atoms with Crippen LogP contribution in [-0.2, 0) is 6.42 Å². The fourth-order valence-corrected chi connectivity index (χ4v) is 2.36. The monoisotopic (exact) mass is 253 g/mol. The molecule has 0 radical (unpaired) electrons. The van der Waals surface area contributed by atoms with E-state index in [4.69, 9.17) is 0 Å². The molecule has 1 atom stereocenters. The van der Waals surface area contributed by atoms with E-state index < -0.39 is 0 Å². The molecule has 1 N–H and O–H groups in total. The fourth-order valence-electron chi connectivity index (χ4n) is 2.36. The van der Waals surface area contributed by atoms with Crippen LogP contribution in [0.5, 0.6) is 0 Å². The molecule has 2 rings (SSSR count). The smallest absolute Gasteiger partial charge is 0.00232 e. The second-order valence-corrected chi connectivity index (χ2v) is 5.11. The predicted molar refractivity (Wildman–Crippen MR) is 82.6 cm³/mol. The lowest BCUT2D eigenvalue weighted by Gasteiger charge is -2.18. The first-order valence-corrected chi connectivity index (χ1v) is 7.10. The molecule has 1 nitrogen and oxygen atoms in total. The third kappa shape index (κ3) is 4.22. The highest BCUT2D eigenvalue weighted by Gasteiger charge is 2.11. The van der Waals surface area contributed by atoms with Crippen molar-refractivity contribution in [1.82, 2.24) is 5.32 Å². The molecule has 100 valence electrons. The van der Waals surface area contributed by atoms with Gasteiger partial charge in [-0.25, -0.2) is 0 Å². The van der Waals surface area contributed by atoms with E-state index in [2.05, 4.69) is 73.8 Å². The van der Waals surface area contributed by atoms with E-state index in [0.29, 0.717) is 5.92 Å². The Morgan fingerprint density at radius 3 is 2.26 bits per heavy atom. The van der Waals surface area contributed by atoms with E-state index in [1.165, 1.54) is 16.7 Å². The minimum atomic E-state index is 0.544. The van der Waals surface area contributed by atoms with Crippen LogP contribution in [0, 0.1) is 6.92 Å². The first-order valence-electron chi connectivity index (χ1n) is 7.10. The lowest BCUT2D eigenvalue weighted by atomic mass is 9.91. The Morgan fingerprint density at radius 1 is 0.947 bits per heavy atom. The van der Waals surface area contributed by atoms with Crippen LogP contribution in [0.1, 0.15) is 29.5 Å². The molecule has 0 aromatic heterocycles. The summed E-state index contributed by atoms with van der Waals surface area (Å²) in [7, 11) is 0.